The Morgan fingerprint density at radius 2 is 1.72 bits per heavy atom. The normalized spacial score (nSPS) is 11.0. The van der Waals surface area contributed by atoms with Crippen LogP contribution >= 0.6 is 0 Å². The lowest BCUT2D eigenvalue weighted by molar-refractivity contribution is -0.139. The molecule has 0 spiro atoms. The standard InChI is InChI=1S/C7H9N.C5H9NO4/c8-6-7-4-2-1-3-5-7;6-3(5(9)10)1-2-4(7)8/h1-5H,6,8H2;3H,1-2,6H2,(H,7,8)(H,9,10). The molecule has 1 atom stereocenters. The molecule has 0 heterocycles. The van der Waals surface area contributed by atoms with Crippen molar-refractivity contribution in [1.82, 2.24) is 0 Å². The third-order valence-corrected chi connectivity index (χ3v) is 2.06. The van der Waals surface area contributed by atoms with Gasteiger partial charge in [0.25, 0.3) is 0 Å². The van der Waals surface area contributed by atoms with Gasteiger partial charge in [-0.05, 0) is 12.0 Å². The third-order valence-electron chi connectivity index (χ3n) is 2.06. The molecule has 0 saturated heterocycles. The van der Waals surface area contributed by atoms with E-state index in [4.69, 9.17) is 21.7 Å². The van der Waals surface area contributed by atoms with Crippen molar-refractivity contribution in [3.8, 4) is 0 Å². The fraction of sp³-hybridized carbons (Fsp3) is 0.333. The lowest BCUT2D eigenvalue weighted by atomic mass is 10.2. The van der Waals surface area contributed by atoms with Gasteiger partial charge in [-0.2, -0.15) is 0 Å². The average Bonchev–Trinajstić information content (AvgIpc) is 2.37. The zero-order valence-corrected chi connectivity index (χ0v) is 9.95. The van der Waals surface area contributed by atoms with E-state index in [1.807, 2.05) is 30.3 Å². The van der Waals surface area contributed by atoms with Crippen molar-refractivity contribution in [2.24, 2.45) is 11.5 Å². The van der Waals surface area contributed by atoms with Gasteiger partial charge in [-0.1, -0.05) is 30.3 Å². The number of nitrogens with two attached hydrogens (primary N) is 2. The fourth-order valence-electron chi connectivity index (χ4n) is 1.02. The lowest BCUT2D eigenvalue weighted by Gasteiger charge is -2.01. The van der Waals surface area contributed by atoms with Crippen molar-refractivity contribution in [3.63, 3.8) is 0 Å². The van der Waals surface area contributed by atoms with Crippen LogP contribution < -0.4 is 11.5 Å². The van der Waals surface area contributed by atoms with Crippen LogP contribution in [-0.2, 0) is 16.1 Å². The van der Waals surface area contributed by atoms with Crippen LogP contribution in [0.25, 0.3) is 0 Å². The van der Waals surface area contributed by atoms with Gasteiger partial charge in [0, 0.05) is 13.0 Å². The van der Waals surface area contributed by atoms with Gasteiger partial charge in [-0.3, -0.25) is 9.59 Å². The third kappa shape index (κ3) is 8.26. The first kappa shape index (κ1) is 16.1. The summed E-state index contributed by atoms with van der Waals surface area (Å²) in [5, 5.41) is 16.3. The molecule has 100 valence electrons. The molecule has 0 aromatic heterocycles. The molecule has 0 aliphatic heterocycles. The Balaban J connectivity index is 0.000000327. The smallest absolute Gasteiger partial charge is 0.320 e. The van der Waals surface area contributed by atoms with Gasteiger partial charge < -0.3 is 21.7 Å². The van der Waals surface area contributed by atoms with Gasteiger partial charge in [-0.25, -0.2) is 0 Å². The number of carbonyl (C=O) groups is 2. The van der Waals surface area contributed by atoms with E-state index in [0.717, 1.165) is 0 Å². The Morgan fingerprint density at radius 3 is 2.06 bits per heavy atom. The van der Waals surface area contributed by atoms with Gasteiger partial charge in [0.2, 0.25) is 0 Å². The average molecular weight is 254 g/mol. The molecule has 6 nitrogen and oxygen atoms in total. The van der Waals surface area contributed by atoms with Gasteiger partial charge >= 0.3 is 11.9 Å². The minimum Gasteiger partial charge on any atom is -0.481 e. The molecule has 1 aromatic rings. The molecule has 6 N–H and O–H groups in total. The highest BCUT2D eigenvalue weighted by atomic mass is 16.4. The Kier molecular flexibility index (Phi) is 8.17. The minimum atomic E-state index is -1.17. The van der Waals surface area contributed by atoms with Crippen LogP contribution in [0.4, 0.5) is 0 Å². The largest absolute Gasteiger partial charge is 0.481 e. The summed E-state index contributed by atoms with van der Waals surface area (Å²) in [6.07, 6.45) is -0.224. The predicted octanol–water partition coefficient (Wildman–Crippen LogP) is 0.408. The second-order valence-electron chi connectivity index (χ2n) is 3.57. The van der Waals surface area contributed by atoms with Gasteiger partial charge in [0.1, 0.15) is 6.04 Å². The molecule has 18 heavy (non-hydrogen) atoms. The summed E-state index contributed by atoms with van der Waals surface area (Å²) < 4.78 is 0. The van der Waals surface area contributed by atoms with Crippen molar-refractivity contribution < 1.29 is 19.8 Å². The number of hydrogen-bond donors (Lipinski definition) is 4. The van der Waals surface area contributed by atoms with Crippen molar-refractivity contribution >= 4 is 11.9 Å². The highest BCUT2D eigenvalue weighted by Crippen LogP contribution is 1.94. The summed E-state index contributed by atoms with van der Waals surface area (Å²) in [5.74, 6) is -2.20. The Bertz CT molecular complexity index is 368. The molecule has 0 fully saturated rings. The maximum atomic E-state index is 9.99. The Morgan fingerprint density at radius 1 is 1.17 bits per heavy atom. The van der Waals surface area contributed by atoms with E-state index in [2.05, 4.69) is 0 Å². The molecule has 1 rings (SSSR count). The number of rotatable bonds is 5. The summed E-state index contributed by atoms with van der Waals surface area (Å²) in [7, 11) is 0. The fourth-order valence-corrected chi connectivity index (χ4v) is 1.02. The van der Waals surface area contributed by atoms with Crippen LogP contribution in [0, 0.1) is 0 Å². The summed E-state index contributed by atoms with van der Waals surface area (Å²) in [6, 6.07) is 8.93. The molecule has 0 amide bonds. The number of hydrogen-bond acceptors (Lipinski definition) is 4. The highest BCUT2D eigenvalue weighted by Gasteiger charge is 2.12. The molecule has 0 saturated carbocycles. The van der Waals surface area contributed by atoms with E-state index in [9.17, 15) is 9.59 Å². The first-order chi connectivity index (χ1) is 8.47. The molecule has 0 aliphatic carbocycles. The topological polar surface area (TPSA) is 127 Å². The first-order valence-corrected chi connectivity index (χ1v) is 5.41. The van der Waals surface area contributed by atoms with Crippen LogP contribution in [0.2, 0.25) is 0 Å². The lowest BCUT2D eigenvalue weighted by Crippen LogP contribution is -2.30. The molecular weight excluding hydrogens is 236 g/mol. The van der Waals surface area contributed by atoms with E-state index in [-0.39, 0.29) is 12.8 Å². The zero-order chi connectivity index (χ0) is 14.0. The summed E-state index contributed by atoms with van der Waals surface area (Å²) >= 11 is 0. The van der Waals surface area contributed by atoms with E-state index in [0.29, 0.717) is 6.54 Å². The summed E-state index contributed by atoms with van der Waals surface area (Å²) in [4.78, 5) is 19.9. The van der Waals surface area contributed by atoms with E-state index < -0.39 is 18.0 Å². The molecule has 0 bridgehead atoms. The van der Waals surface area contributed by atoms with Crippen molar-refractivity contribution in [1.29, 1.82) is 0 Å². The molecule has 6 heteroatoms. The Labute approximate surface area is 105 Å². The molecular formula is C12H18N2O4. The van der Waals surface area contributed by atoms with Crippen LogP contribution in [0.5, 0.6) is 0 Å². The van der Waals surface area contributed by atoms with Crippen molar-refractivity contribution in [2.75, 3.05) is 0 Å². The van der Waals surface area contributed by atoms with Gasteiger partial charge in [-0.15, -0.1) is 0 Å². The summed E-state index contributed by atoms with van der Waals surface area (Å²) in [6.45, 7) is 0.640. The number of carboxylic acids is 2. The molecule has 1 aromatic carbocycles. The second kappa shape index (κ2) is 9.15. The van der Waals surface area contributed by atoms with E-state index in [1.54, 1.807) is 0 Å². The minimum absolute atomic E-state index is 0.0231. The second-order valence-corrected chi connectivity index (χ2v) is 3.57. The maximum absolute atomic E-state index is 9.99. The summed E-state index contributed by atoms with van der Waals surface area (Å²) in [5.41, 5.74) is 11.5. The van der Waals surface area contributed by atoms with Gasteiger partial charge in [0.05, 0.1) is 0 Å². The van der Waals surface area contributed by atoms with Crippen molar-refractivity contribution in [3.05, 3.63) is 35.9 Å². The predicted molar refractivity (Wildman–Crippen MR) is 66.8 cm³/mol. The quantitative estimate of drug-likeness (QED) is 0.602. The Hall–Kier alpha value is -1.92. The van der Waals surface area contributed by atoms with Crippen LogP contribution in [0.1, 0.15) is 18.4 Å². The zero-order valence-electron chi connectivity index (χ0n) is 9.95. The van der Waals surface area contributed by atoms with E-state index >= 15 is 0 Å². The van der Waals surface area contributed by atoms with Crippen LogP contribution in [0.15, 0.2) is 30.3 Å². The SMILES string of the molecule is NC(CCC(=O)O)C(=O)O.NCc1ccccc1. The number of benzene rings is 1. The number of aliphatic carboxylic acids is 2. The molecule has 1 unspecified atom stereocenters. The molecule has 0 radical (unpaired) electrons. The van der Waals surface area contributed by atoms with Gasteiger partial charge in [0.15, 0.2) is 0 Å². The van der Waals surface area contributed by atoms with Crippen molar-refractivity contribution in [2.45, 2.75) is 25.4 Å². The first-order valence-electron chi connectivity index (χ1n) is 5.41. The van der Waals surface area contributed by atoms with E-state index in [1.165, 1.54) is 5.56 Å². The monoisotopic (exact) mass is 254 g/mol. The van der Waals surface area contributed by atoms with Crippen LogP contribution in [0.3, 0.4) is 0 Å². The number of carboxylic acid groups (broad SMARTS) is 2. The molecule has 0 aliphatic rings. The van der Waals surface area contributed by atoms with Crippen LogP contribution in [-0.4, -0.2) is 28.2 Å². The highest BCUT2D eigenvalue weighted by molar-refractivity contribution is 5.74. The maximum Gasteiger partial charge on any atom is 0.320 e.